The Balaban J connectivity index is 1.34. The second kappa shape index (κ2) is 9.10. The van der Waals surface area contributed by atoms with Gasteiger partial charge in [-0.1, -0.05) is 46.8 Å². The molecule has 3 aromatic rings. The average Bonchev–Trinajstić information content (AvgIpc) is 3.16. The van der Waals surface area contributed by atoms with E-state index < -0.39 is 0 Å². The fourth-order valence-corrected chi connectivity index (χ4v) is 5.08. The first kappa shape index (κ1) is 22.4. The van der Waals surface area contributed by atoms with Crippen molar-refractivity contribution < 1.29 is 14.4 Å². The third-order valence-corrected chi connectivity index (χ3v) is 7.03. The molecular weight excluding hydrogens is 496 g/mol. The second-order valence-electron chi connectivity index (χ2n) is 8.79. The molecule has 3 heterocycles. The smallest absolute Gasteiger partial charge is 0.256 e. The monoisotopic (exact) mass is 520 g/mol. The number of fused-ring (bicyclic) bond motifs is 2. The fraction of sp³-hybridized carbons (Fsp3) is 0.269. The van der Waals surface area contributed by atoms with Crippen LogP contribution in [0.3, 0.4) is 0 Å². The van der Waals surface area contributed by atoms with E-state index in [1.165, 1.54) is 17.2 Å². The van der Waals surface area contributed by atoms with Crippen LogP contribution in [0.4, 0.5) is 0 Å². The molecule has 34 heavy (non-hydrogen) atoms. The van der Waals surface area contributed by atoms with E-state index in [4.69, 9.17) is 0 Å². The van der Waals surface area contributed by atoms with Gasteiger partial charge in [-0.05, 0) is 41.8 Å². The summed E-state index contributed by atoms with van der Waals surface area (Å²) in [6.45, 7) is 5.79. The Hall–Kier alpha value is -3.39. The number of carbonyl (C=O) groups is 3. The van der Waals surface area contributed by atoms with Crippen LogP contribution in [0.15, 0.2) is 65.8 Å². The number of amides is 3. The van der Waals surface area contributed by atoms with Gasteiger partial charge in [-0.15, -0.1) is 0 Å². The predicted molar refractivity (Wildman–Crippen MR) is 133 cm³/mol. The highest BCUT2D eigenvalue weighted by molar-refractivity contribution is 9.10. The maximum absolute atomic E-state index is 13.5. The SMILES string of the molecule is C=CC(=O)N1CC(NC(=O)Cn2cc(C(=O)N3CCc4ccccc4C3)c3cc(Br)ccc32)C1. The molecule has 1 N–H and O–H groups in total. The topological polar surface area (TPSA) is 74.6 Å². The molecule has 0 unspecified atom stereocenters. The van der Waals surface area contributed by atoms with Crippen molar-refractivity contribution in [2.45, 2.75) is 25.6 Å². The molecule has 0 bridgehead atoms. The van der Waals surface area contributed by atoms with E-state index in [0.717, 1.165) is 21.8 Å². The fourth-order valence-electron chi connectivity index (χ4n) is 4.72. The van der Waals surface area contributed by atoms with Gasteiger partial charge in [0, 0.05) is 47.8 Å². The molecular formula is C26H25BrN4O3. The van der Waals surface area contributed by atoms with E-state index in [9.17, 15) is 14.4 Å². The third kappa shape index (κ3) is 4.25. The molecule has 0 atom stereocenters. The Morgan fingerprint density at radius 3 is 2.62 bits per heavy atom. The summed E-state index contributed by atoms with van der Waals surface area (Å²) in [4.78, 5) is 41.4. The lowest BCUT2D eigenvalue weighted by Gasteiger charge is -2.38. The summed E-state index contributed by atoms with van der Waals surface area (Å²) >= 11 is 3.51. The standard InChI is InChI=1S/C26H25BrN4O3/c1-2-25(33)31-13-20(14-31)28-24(32)16-30-15-22(21-11-19(27)7-8-23(21)30)26(34)29-10-9-17-5-3-4-6-18(17)12-29/h2-8,11,15,20H,1,9-10,12-14,16H2,(H,28,32). The first-order valence-corrected chi connectivity index (χ1v) is 12.1. The Bertz CT molecular complexity index is 1310. The minimum Gasteiger partial charge on any atom is -0.348 e. The summed E-state index contributed by atoms with van der Waals surface area (Å²) in [5.74, 6) is -0.313. The molecule has 0 radical (unpaired) electrons. The van der Waals surface area contributed by atoms with Crippen LogP contribution in [-0.2, 0) is 29.1 Å². The number of nitrogens with zero attached hydrogens (tertiary/aromatic N) is 3. The van der Waals surface area contributed by atoms with Gasteiger partial charge in [-0.25, -0.2) is 0 Å². The minimum atomic E-state index is -0.151. The number of benzene rings is 2. The summed E-state index contributed by atoms with van der Waals surface area (Å²) in [5.41, 5.74) is 3.89. The second-order valence-corrected chi connectivity index (χ2v) is 9.71. The average molecular weight is 521 g/mol. The van der Waals surface area contributed by atoms with Crippen LogP contribution >= 0.6 is 15.9 Å². The summed E-state index contributed by atoms with van der Waals surface area (Å²) in [6, 6.07) is 13.9. The lowest BCUT2D eigenvalue weighted by Crippen LogP contribution is -2.61. The van der Waals surface area contributed by atoms with Crippen LogP contribution in [0.2, 0.25) is 0 Å². The first-order valence-electron chi connectivity index (χ1n) is 11.3. The van der Waals surface area contributed by atoms with Crippen molar-refractivity contribution in [3.05, 3.63) is 82.5 Å². The number of carbonyl (C=O) groups excluding carboxylic acids is 3. The van der Waals surface area contributed by atoms with E-state index in [1.54, 1.807) is 11.1 Å². The van der Waals surface area contributed by atoms with Gasteiger partial charge in [0.05, 0.1) is 11.6 Å². The Morgan fingerprint density at radius 2 is 1.85 bits per heavy atom. The molecule has 0 aliphatic carbocycles. The third-order valence-electron chi connectivity index (χ3n) is 6.54. The van der Waals surface area contributed by atoms with Crippen LogP contribution < -0.4 is 5.32 Å². The molecule has 8 heteroatoms. The number of likely N-dealkylation sites (tertiary alicyclic amines) is 1. The lowest BCUT2D eigenvalue weighted by atomic mass is 9.99. The van der Waals surface area contributed by atoms with Crippen molar-refractivity contribution in [2.75, 3.05) is 19.6 Å². The van der Waals surface area contributed by atoms with Crippen molar-refractivity contribution >= 4 is 44.6 Å². The van der Waals surface area contributed by atoms with Crippen molar-refractivity contribution in [3.8, 4) is 0 Å². The summed E-state index contributed by atoms with van der Waals surface area (Å²) < 4.78 is 2.70. The lowest BCUT2D eigenvalue weighted by molar-refractivity contribution is -0.133. The van der Waals surface area contributed by atoms with Crippen molar-refractivity contribution in [1.82, 2.24) is 19.7 Å². The van der Waals surface area contributed by atoms with E-state index >= 15 is 0 Å². The number of aromatic nitrogens is 1. The van der Waals surface area contributed by atoms with Gasteiger partial charge in [-0.2, -0.15) is 0 Å². The normalized spacial score (nSPS) is 15.6. The van der Waals surface area contributed by atoms with E-state index in [-0.39, 0.29) is 30.3 Å². The highest BCUT2D eigenvalue weighted by Crippen LogP contribution is 2.28. The Kier molecular flexibility index (Phi) is 6.00. The zero-order valence-corrected chi connectivity index (χ0v) is 20.3. The maximum Gasteiger partial charge on any atom is 0.256 e. The van der Waals surface area contributed by atoms with Gasteiger partial charge in [0.1, 0.15) is 6.54 Å². The highest BCUT2D eigenvalue weighted by atomic mass is 79.9. The van der Waals surface area contributed by atoms with Crippen LogP contribution in [-0.4, -0.2) is 57.8 Å². The van der Waals surface area contributed by atoms with E-state index in [2.05, 4.69) is 40.0 Å². The molecule has 3 amide bonds. The molecule has 5 rings (SSSR count). The number of rotatable bonds is 5. The molecule has 7 nitrogen and oxygen atoms in total. The van der Waals surface area contributed by atoms with Gasteiger partial charge < -0.3 is 19.7 Å². The van der Waals surface area contributed by atoms with Crippen molar-refractivity contribution in [1.29, 1.82) is 0 Å². The Labute approximate surface area is 206 Å². The quantitative estimate of drug-likeness (QED) is 0.525. The van der Waals surface area contributed by atoms with E-state index in [1.807, 2.05) is 39.8 Å². The highest BCUT2D eigenvalue weighted by Gasteiger charge is 2.31. The minimum absolute atomic E-state index is 0.0330. The van der Waals surface area contributed by atoms with Gasteiger partial charge in [0.15, 0.2) is 0 Å². The predicted octanol–water partition coefficient (Wildman–Crippen LogP) is 3.12. The molecule has 1 aromatic heterocycles. The largest absolute Gasteiger partial charge is 0.348 e. The first-order chi connectivity index (χ1) is 16.4. The zero-order chi connectivity index (χ0) is 23.8. The van der Waals surface area contributed by atoms with Gasteiger partial charge in [0.2, 0.25) is 11.8 Å². The van der Waals surface area contributed by atoms with E-state index in [0.29, 0.717) is 31.7 Å². The molecule has 2 aromatic carbocycles. The molecule has 1 fully saturated rings. The molecule has 0 saturated carbocycles. The van der Waals surface area contributed by atoms with Crippen molar-refractivity contribution in [2.24, 2.45) is 0 Å². The number of hydrogen-bond acceptors (Lipinski definition) is 3. The molecule has 0 spiro atoms. The van der Waals surface area contributed by atoms with Crippen LogP contribution in [0.25, 0.3) is 10.9 Å². The molecule has 174 valence electrons. The van der Waals surface area contributed by atoms with Gasteiger partial charge in [-0.3, -0.25) is 14.4 Å². The van der Waals surface area contributed by atoms with Crippen LogP contribution in [0.1, 0.15) is 21.5 Å². The summed E-state index contributed by atoms with van der Waals surface area (Å²) in [6.07, 6.45) is 3.90. The summed E-state index contributed by atoms with van der Waals surface area (Å²) in [7, 11) is 0. The molecule has 2 aliphatic rings. The number of hydrogen-bond donors (Lipinski definition) is 1. The van der Waals surface area contributed by atoms with Crippen LogP contribution in [0.5, 0.6) is 0 Å². The molecule has 2 aliphatic heterocycles. The van der Waals surface area contributed by atoms with Crippen LogP contribution in [0, 0.1) is 0 Å². The zero-order valence-electron chi connectivity index (χ0n) is 18.7. The number of nitrogens with one attached hydrogen (secondary N) is 1. The summed E-state index contributed by atoms with van der Waals surface area (Å²) in [5, 5.41) is 3.79. The molecule has 1 saturated heterocycles. The van der Waals surface area contributed by atoms with Gasteiger partial charge >= 0.3 is 0 Å². The Morgan fingerprint density at radius 1 is 1.09 bits per heavy atom. The number of halogens is 1. The van der Waals surface area contributed by atoms with Gasteiger partial charge in [0.25, 0.3) is 5.91 Å². The van der Waals surface area contributed by atoms with Crippen molar-refractivity contribution in [3.63, 3.8) is 0 Å². The maximum atomic E-state index is 13.5.